The van der Waals surface area contributed by atoms with Gasteiger partial charge in [0.25, 0.3) is 11.8 Å². The van der Waals surface area contributed by atoms with Gasteiger partial charge in [0.15, 0.2) is 5.82 Å². The van der Waals surface area contributed by atoms with Crippen LogP contribution in [-0.4, -0.2) is 29.1 Å². The second-order valence-corrected chi connectivity index (χ2v) is 8.38. The number of amides is 1. The first-order valence-corrected chi connectivity index (χ1v) is 9.96. The predicted molar refractivity (Wildman–Crippen MR) is 119 cm³/mol. The van der Waals surface area contributed by atoms with Crippen LogP contribution in [0.15, 0.2) is 53.1 Å². The first kappa shape index (κ1) is 22.0. The zero-order chi connectivity index (χ0) is 20.4. The summed E-state index contributed by atoms with van der Waals surface area (Å²) in [6.45, 7) is 7.49. The minimum absolute atomic E-state index is 0. The molecule has 1 aromatic heterocycles. The van der Waals surface area contributed by atoms with Gasteiger partial charge in [0.05, 0.1) is 11.1 Å². The molecule has 6 nitrogen and oxygen atoms in total. The van der Waals surface area contributed by atoms with Crippen molar-refractivity contribution in [3.63, 3.8) is 0 Å². The summed E-state index contributed by atoms with van der Waals surface area (Å²) in [7, 11) is 0. The lowest BCUT2D eigenvalue weighted by molar-refractivity contribution is 0.0949. The maximum atomic E-state index is 13.0. The highest BCUT2D eigenvalue weighted by atomic mass is 35.5. The van der Waals surface area contributed by atoms with Gasteiger partial charge in [-0.1, -0.05) is 62.3 Å². The number of nitrogens with one attached hydrogen (secondary N) is 2. The summed E-state index contributed by atoms with van der Waals surface area (Å²) in [5.74, 6) is 0.827. The van der Waals surface area contributed by atoms with Crippen molar-refractivity contribution < 1.29 is 9.32 Å². The van der Waals surface area contributed by atoms with Crippen LogP contribution < -0.4 is 10.6 Å². The van der Waals surface area contributed by atoms with E-state index in [0.29, 0.717) is 29.4 Å². The number of hydrogen-bond donors (Lipinski definition) is 2. The smallest absolute Gasteiger partial charge is 0.258 e. The fourth-order valence-corrected chi connectivity index (χ4v) is 3.57. The molecule has 0 saturated heterocycles. The number of halogens is 1. The summed E-state index contributed by atoms with van der Waals surface area (Å²) < 4.78 is 5.46. The molecule has 1 unspecified atom stereocenters. The lowest BCUT2D eigenvalue weighted by Gasteiger charge is -2.27. The standard InChI is InChI=1S/C23H26N4O2.ClH/c1-23(2,3)22-26-21(29-27-22)18-11-7-6-10-17(18)20(28)25-14-19-16-9-5-4-8-15(16)12-13-24-19;/h4-11,19,24H,12-14H2,1-3H3,(H,25,28);1H. The highest BCUT2D eigenvalue weighted by Gasteiger charge is 2.24. The SMILES string of the molecule is CC(C)(C)c1noc(-c2ccccc2C(=O)NCC2NCCc3ccccc32)n1.Cl. The maximum Gasteiger partial charge on any atom is 0.258 e. The Labute approximate surface area is 182 Å². The molecule has 1 amide bonds. The van der Waals surface area contributed by atoms with Crippen molar-refractivity contribution in [3.8, 4) is 11.5 Å². The summed E-state index contributed by atoms with van der Waals surface area (Å²) in [5.41, 5.74) is 3.54. The maximum absolute atomic E-state index is 13.0. The molecule has 1 atom stereocenters. The molecule has 7 heteroatoms. The Kier molecular flexibility index (Phi) is 6.58. The number of nitrogens with zero attached hydrogens (tertiary/aromatic N) is 2. The Bertz CT molecular complexity index is 1030. The molecule has 0 fully saturated rings. The van der Waals surface area contributed by atoms with Gasteiger partial charge in [-0.3, -0.25) is 4.79 Å². The lowest BCUT2D eigenvalue weighted by atomic mass is 9.94. The fraction of sp³-hybridized carbons (Fsp3) is 0.348. The van der Waals surface area contributed by atoms with Crippen LogP contribution in [0.4, 0.5) is 0 Å². The van der Waals surface area contributed by atoms with Crippen LogP contribution in [0, 0.1) is 0 Å². The molecule has 2 heterocycles. The Morgan fingerprint density at radius 2 is 1.90 bits per heavy atom. The summed E-state index contributed by atoms with van der Waals surface area (Å²) in [5, 5.41) is 10.6. The van der Waals surface area contributed by atoms with Gasteiger partial charge in [-0.05, 0) is 36.2 Å². The molecule has 3 aromatic rings. The quantitative estimate of drug-likeness (QED) is 0.657. The topological polar surface area (TPSA) is 80.0 Å². The van der Waals surface area contributed by atoms with Gasteiger partial charge in [-0.15, -0.1) is 12.4 Å². The predicted octanol–water partition coefficient (Wildman–Crippen LogP) is 4.07. The van der Waals surface area contributed by atoms with Gasteiger partial charge in [0, 0.05) is 18.0 Å². The summed E-state index contributed by atoms with van der Waals surface area (Å²) >= 11 is 0. The average Bonchev–Trinajstić information content (AvgIpc) is 3.23. The van der Waals surface area contributed by atoms with E-state index in [4.69, 9.17) is 4.52 Å². The van der Waals surface area contributed by atoms with Gasteiger partial charge < -0.3 is 15.2 Å². The summed E-state index contributed by atoms with van der Waals surface area (Å²) in [6.07, 6.45) is 1.01. The van der Waals surface area contributed by atoms with Crippen molar-refractivity contribution in [2.45, 2.75) is 38.6 Å². The van der Waals surface area contributed by atoms with Crippen LogP contribution in [0.25, 0.3) is 11.5 Å². The summed E-state index contributed by atoms with van der Waals surface area (Å²) in [6, 6.07) is 15.8. The number of hydrogen-bond acceptors (Lipinski definition) is 5. The third-order valence-corrected chi connectivity index (χ3v) is 5.18. The van der Waals surface area contributed by atoms with Crippen LogP contribution >= 0.6 is 12.4 Å². The second kappa shape index (κ2) is 8.98. The van der Waals surface area contributed by atoms with Crippen molar-refractivity contribution in [2.24, 2.45) is 0 Å². The van der Waals surface area contributed by atoms with E-state index >= 15 is 0 Å². The van der Waals surface area contributed by atoms with Crippen LogP contribution in [0.5, 0.6) is 0 Å². The molecule has 0 bridgehead atoms. The molecule has 1 aliphatic rings. The number of aromatic nitrogens is 2. The molecule has 30 heavy (non-hydrogen) atoms. The number of benzene rings is 2. The molecule has 158 valence electrons. The Morgan fingerprint density at radius 1 is 1.17 bits per heavy atom. The molecule has 0 saturated carbocycles. The molecule has 2 aromatic carbocycles. The van der Waals surface area contributed by atoms with Gasteiger partial charge >= 0.3 is 0 Å². The van der Waals surface area contributed by atoms with Gasteiger partial charge in [0.2, 0.25) is 0 Å². The molecule has 2 N–H and O–H groups in total. The van der Waals surface area contributed by atoms with Crippen LogP contribution in [0.1, 0.15) is 54.1 Å². The van der Waals surface area contributed by atoms with E-state index in [2.05, 4.69) is 39.0 Å². The van der Waals surface area contributed by atoms with Gasteiger partial charge in [-0.25, -0.2) is 0 Å². The normalized spacial score (nSPS) is 15.8. The van der Waals surface area contributed by atoms with E-state index in [-0.39, 0.29) is 29.8 Å². The fourth-order valence-electron chi connectivity index (χ4n) is 3.57. The van der Waals surface area contributed by atoms with Crippen molar-refractivity contribution in [3.05, 3.63) is 71.0 Å². The molecule has 1 aliphatic heterocycles. The molecule has 0 radical (unpaired) electrons. The Hall–Kier alpha value is -2.70. The minimum Gasteiger partial charge on any atom is -0.350 e. The summed E-state index contributed by atoms with van der Waals surface area (Å²) in [4.78, 5) is 17.5. The third-order valence-electron chi connectivity index (χ3n) is 5.18. The molecule has 4 rings (SSSR count). The van der Waals surface area contributed by atoms with Crippen LogP contribution in [-0.2, 0) is 11.8 Å². The Balaban J connectivity index is 0.00000256. The first-order chi connectivity index (χ1) is 13.9. The zero-order valence-corrected chi connectivity index (χ0v) is 18.3. The van der Waals surface area contributed by atoms with E-state index in [1.807, 2.05) is 45.0 Å². The second-order valence-electron chi connectivity index (χ2n) is 8.38. The van der Waals surface area contributed by atoms with E-state index < -0.39 is 0 Å². The van der Waals surface area contributed by atoms with Gasteiger partial charge in [0.1, 0.15) is 0 Å². The molecule has 0 spiro atoms. The van der Waals surface area contributed by atoms with Gasteiger partial charge in [-0.2, -0.15) is 4.98 Å². The van der Waals surface area contributed by atoms with E-state index in [0.717, 1.165) is 13.0 Å². The van der Waals surface area contributed by atoms with Crippen molar-refractivity contribution in [1.29, 1.82) is 0 Å². The van der Waals surface area contributed by atoms with Crippen molar-refractivity contribution in [2.75, 3.05) is 13.1 Å². The first-order valence-electron chi connectivity index (χ1n) is 9.96. The number of carbonyl (C=O) groups is 1. The highest BCUT2D eigenvalue weighted by molar-refractivity contribution is 6.00. The average molecular weight is 427 g/mol. The lowest BCUT2D eigenvalue weighted by Crippen LogP contribution is -2.39. The minimum atomic E-state index is -0.223. The van der Waals surface area contributed by atoms with Crippen molar-refractivity contribution in [1.82, 2.24) is 20.8 Å². The number of carbonyl (C=O) groups excluding carboxylic acids is 1. The monoisotopic (exact) mass is 426 g/mol. The Morgan fingerprint density at radius 3 is 2.67 bits per heavy atom. The third kappa shape index (κ3) is 4.55. The van der Waals surface area contributed by atoms with Crippen LogP contribution in [0.3, 0.4) is 0 Å². The van der Waals surface area contributed by atoms with E-state index in [1.165, 1.54) is 11.1 Å². The van der Waals surface area contributed by atoms with Crippen LogP contribution in [0.2, 0.25) is 0 Å². The van der Waals surface area contributed by atoms with E-state index in [1.54, 1.807) is 6.07 Å². The highest BCUT2D eigenvalue weighted by Crippen LogP contribution is 2.26. The molecular formula is C23H27ClN4O2. The van der Waals surface area contributed by atoms with E-state index in [9.17, 15) is 4.79 Å². The number of rotatable bonds is 4. The van der Waals surface area contributed by atoms with Crippen molar-refractivity contribution >= 4 is 18.3 Å². The number of fused-ring (bicyclic) bond motifs is 1. The molecule has 0 aliphatic carbocycles. The largest absolute Gasteiger partial charge is 0.350 e. The molecular weight excluding hydrogens is 400 g/mol. The zero-order valence-electron chi connectivity index (χ0n) is 17.4.